The topological polar surface area (TPSA) is 41.6 Å². The van der Waals surface area contributed by atoms with Crippen LogP contribution in [-0.4, -0.2) is 50.2 Å². The standard InChI is InChI=1S/C13H24N2O2.ClH/c1-15(12-3-2-6-14-10-12)13(16)9-11-4-7-17-8-5-11;/h11-12,14H,2-10H2,1H3;1H. The third-order valence-electron chi connectivity index (χ3n) is 4.02. The molecule has 0 aromatic heterocycles. The lowest BCUT2D eigenvalue weighted by molar-refractivity contribution is -0.134. The van der Waals surface area contributed by atoms with Crippen molar-refractivity contribution in [3.63, 3.8) is 0 Å². The van der Waals surface area contributed by atoms with Crippen LogP contribution in [0.3, 0.4) is 0 Å². The molecule has 106 valence electrons. The van der Waals surface area contributed by atoms with Crippen molar-refractivity contribution in [3.05, 3.63) is 0 Å². The first-order chi connectivity index (χ1) is 8.27. The van der Waals surface area contributed by atoms with Gasteiger partial charge in [-0.05, 0) is 38.1 Å². The Hall–Kier alpha value is -0.320. The van der Waals surface area contributed by atoms with Crippen molar-refractivity contribution in [2.75, 3.05) is 33.4 Å². The van der Waals surface area contributed by atoms with Gasteiger partial charge in [0.1, 0.15) is 0 Å². The van der Waals surface area contributed by atoms with E-state index >= 15 is 0 Å². The van der Waals surface area contributed by atoms with Crippen molar-refractivity contribution in [1.29, 1.82) is 0 Å². The first kappa shape index (κ1) is 15.7. The second-order valence-electron chi connectivity index (χ2n) is 5.26. The maximum Gasteiger partial charge on any atom is 0.222 e. The Bertz CT molecular complexity index is 251. The molecule has 4 nitrogen and oxygen atoms in total. The van der Waals surface area contributed by atoms with Crippen LogP contribution in [0, 0.1) is 5.92 Å². The molecule has 1 amide bonds. The average Bonchev–Trinajstić information content (AvgIpc) is 2.40. The fourth-order valence-corrected chi connectivity index (χ4v) is 2.71. The average molecular weight is 277 g/mol. The van der Waals surface area contributed by atoms with Gasteiger partial charge in [0, 0.05) is 39.3 Å². The Morgan fingerprint density at radius 1 is 1.33 bits per heavy atom. The predicted molar refractivity (Wildman–Crippen MR) is 74.1 cm³/mol. The molecule has 0 aromatic carbocycles. The van der Waals surface area contributed by atoms with Crippen molar-refractivity contribution >= 4 is 18.3 Å². The second kappa shape index (κ2) is 7.97. The largest absolute Gasteiger partial charge is 0.381 e. The highest BCUT2D eigenvalue weighted by Gasteiger charge is 2.24. The fraction of sp³-hybridized carbons (Fsp3) is 0.923. The second-order valence-corrected chi connectivity index (χ2v) is 5.26. The summed E-state index contributed by atoms with van der Waals surface area (Å²) in [6.45, 7) is 3.70. The molecule has 0 aromatic rings. The van der Waals surface area contributed by atoms with E-state index in [2.05, 4.69) is 5.32 Å². The Kier molecular flexibility index (Phi) is 6.97. The number of piperidine rings is 1. The number of hydrogen-bond donors (Lipinski definition) is 1. The van der Waals surface area contributed by atoms with Gasteiger partial charge in [0.15, 0.2) is 0 Å². The molecule has 2 heterocycles. The van der Waals surface area contributed by atoms with Gasteiger partial charge >= 0.3 is 0 Å². The summed E-state index contributed by atoms with van der Waals surface area (Å²) in [6, 6.07) is 0.399. The molecule has 0 radical (unpaired) electrons. The Morgan fingerprint density at radius 2 is 2.06 bits per heavy atom. The van der Waals surface area contributed by atoms with E-state index in [-0.39, 0.29) is 12.4 Å². The van der Waals surface area contributed by atoms with Gasteiger partial charge in [0.2, 0.25) is 5.91 Å². The van der Waals surface area contributed by atoms with Gasteiger partial charge in [0.05, 0.1) is 0 Å². The van der Waals surface area contributed by atoms with Gasteiger partial charge in [-0.15, -0.1) is 12.4 Å². The van der Waals surface area contributed by atoms with E-state index in [1.165, 1.54) is 6.42 Å². The van der Waals surface area contributed by atoms with Crippen LogP contribution in [0.1, 0.15) is 32.1 Å². The number of carbonyl (C=O) groups is 1. The van der Waals surface area contributed by atoms with Gasteiger partial charge in [-0.25, -0.2) is 0 Å². The summed E-state index contributed by atoms with van der Waals surface area (Å²) in [5.74, 6) is 0.848. The Balaban J connectivity index is 0.00000162. The zero-order chi connectivity index (χ0) is 12.1. The summed E-state index contributed by atoms with van der Waals surface area (Å²) in [5.41, 5.74) is 0. The molecule has 0 spiro atoms. The Morgan fingerprint density at radius 3 is 2.67 bits per heavy atom. The van der Waals surface area contributed by atoms with Gasteiger partial charge in [-0.2, -0.15) is 0 Å². The first-order valence-electron chi connectivity index (χ1n) is 6.81. The van der Waals surface area contributed by atoms with Gasteiger partial charge < -0.3 is 15.0 Å². The zero-order valence-corrected chi connectivity index (χ0v) is 12.0. The summed E-state index contributed by atoms with van der Waals surface area (Å²) < 4.78 is 5.32. The highest BCUT2D eigenvalue weighted by atomic mass is 35.5. The van der Waals surface area contributed by atoms with E-state index in [0.717, 1.165) is 45.6 Å². The van der Waals surface area contributed by atoms with Crippen molar-refractivity contribution in [2.24, 2.45) is 5.92 Å². The predicted octanol–water partition coefficient (Wildman–Crippen LogP) is 1.44. The van der Waals surface area contributed by atoms with Crippen molar-refractivity contribution in [2.45, 2.75) is 38.1 Å². The van der Waals surface area contributed by atoms with Crippen LogP contribution >= 0.6 is 12.4 Å². The van der Waals surface area contributed by atoms with Gasteiger partial charge in [-0.3, -0.25) is 4.79 Å². The minimum Gasteiger partial charge on any atom is -0.381 e. The molecule has 0 bridgehead atoms. The lowest BCUT2D eigenvalue weighted by Crippen LogP contribution is -2.47. The molecule has 18 heavy (non-hydrogen) atoms. The molecular formula is C13H25ClN2O2. The number of amides is 1. The quantitative estimate of drug-likeness (QED) is 0.848. The van der Waals surface area contributed by atoms with Crippen LogP contribution in [0.4, 0.5) is 0 Å². The lowest BCUT2D eigenvalue weighted by atomic mass is 9.95. The van der Waals surface area contributed by atoms with Gasteiger partial charge in [0.25, 0.3) is 0 Å². The number of hydrogen-bond acceptors (Lipinski definition) is 3. The van der Waals surface area contributed by atoms with E-state index in [1.54, 1.807) is 0 Å². The first-order valence-corrected chi connectivity index (χ1v) is 6.81. The molecular weight excluding hydrogens is 252 g/mol. The summed E-state index contributed by atoms with van der Waals surface area (Å²) >= 11 is 0. The summed E-state index contributed by atoms with van der Waals surface area (Å²) in [5, 5.41) is 3.36. The minimum absolute atomic E-state index is 0. The Labute approximate surface area is 116 Å². The molecule has 0 saturated carbocycles. The molecule has 2 saturated heterocycles. The highest BCUT2D eigenvalue weighted by Crippen LogP contribution is 2.20. The maximum absolute atomic E-state index is 12.2. The fourth-order valence-electron chi connectivity index (χ4n) is 2.71. The van der Waals surface area contributed by atoms with E-state index < -0.39 is 0 Å². The summed E-state index contributed by atoms with van der Waals surface area (Å²) in [6.07, 6.45) is 5.12. The number of rotatable bonds is 3. The monoisotopic (exact) mass is 276 g/mol. The molecule has 1 atom stereocenters. The molecule has 2 fully saturated rings. The molecule has 2 aliphatic rings. The van der Waals surface area contributed by atoms with Crippen molar-refractivity contribution < 1.29 is 9.53 Å². The molecule has 5 heteroatoms. The van der Waals surface area contributed by atoms with E-state index in [4.69, 9.17) is 4.74 Å². The molecule has 2 aliphatic heterocycles. The molecule has 1 unspecified atom stereocenters. The van der Waals surface area contributed by atoms with E-state index in [1.807, 2.05) is 11.9 Å². The maximum atomic E-state index is 12.2. The highest BCUT2D eigenvalue weighted by molar-refractivity contribution is 5.85. The molecule has 2 rings (SSSR count). The zero-order valence-electron chi connectivity index (χ0n) is 11.2. The van der Waals surface area contributed by atoms with Gasteiger partial charge in [-0.1, -0.05) is 0 Å². The van der Waals surface area contributed by atoms with E-state index in [0.29, 0.717) is 24.3 Å². The van der Waals surface area contributed by atoms with Crippen LogP contribution in [0.5, 0.6) is 0 Å². The molecule has 1 N–H and O–H groups in total. The smallest absolute Gasteiger partial charge is 0.222 e. The molecule has 0 aliphatic carbocycles. The number of nitrogens with zero attached hydrogens (tertiary/aromatic N) is 1. The third-order valence-corrected chi connectivity index (χ3v) is 4.02. The van der Waals surface area contributed by atoms with Crippen molar-refractivity contribution in [1.82, 2.24) is 10.2 Å². The normalized spacial score (nSPS) is 25.3. The summed E-state index contributed by atoms with van der Waals surface area (Å²) in [7, 11) is 1.96. The van der Waals surface area contributed by atoms with Crippen LogP contribution in [0.15, 0.2) is 0 Å². The number of likely N-dealkylation sites (N-methyl/N-ethyl adjacent to an activating group) is 1. The van der Waals surface area contributed by atoms with E-state index in [9.17, 15) is 4.79 Å². The van der Waals surface area contributed by atoms with Crippen LogP contribution in [0.25, 0.3) is 0 Å². The van der Waals surface area contributed by atoms with Crippen molar-refractivity contribution in [3.8, 4) is 0 Å². The van der Waals surface area contributed by atoms with Crippen LogP contribution in [-0.2, 0) is 9.53 Å². The third kappa shape index (κ3) is 4.41. The summed E-state index contributed by atoms with van der Waals surface area (Å²) in [4.78, 5) is 14.1. The lowest BCUT2D eigenvalue weighted by Gasteiger charge is -2.33. The van der Waals surface area contributed by atoms with Crippen LogP contribution in [0.2, 0.25) is 0 Å². The minimum atomic E-state index is 0. The van der Waals surface area contributed by atoms with Crippen LogP contribution < -0.4 is 5.32 Å². The number of ether oxygens (including phenoxy) is 1. The SMILES string of the molecule is CN(C(=O)CC1CCOCC1)C1CCCNC1.Cl. The number of carbonyl (C=O) groups excluding carboxylic acids is 1. The number of halogens is 1. The number of nitrogens with one attached hydrogen (secondary N) is 1.